The normalized spacial score (nSPS) is 10.2. The SMILES string of the molecule is CNc1cc(C(=O)NCCCCCOC)ccc1[N+](=O)[O-]. The predicted molar refractivity (Wildman–Crippen MR) is 80.7 cm³/mol. The number of hydrogen-bond donors (Lipinski definition) is 2. The van der Waals surface area contributed by atoms with E-state index in [1.807, 2.05) is 0 Å². The van der Waals surface area contributed by atoms with Crippen molar-refractivity contribution in [1.29, 1.82) is 0 Å². The van der Waals surface area contributed by atoms with Gasteiger partial charge in [0.15, 0.2) is 0 Å². The maximum absolute atomic E-state index is 11.9. The van der Waals surface area contributed by atoms with Crippen LogP contribution in [0, 0.1) is 10.1 Å². The Hall–Kier alpha value is -2.15. The molecule has 1 amide bonds. The van der Waals surface area contributed by atoms with E-state index in [1.165, 1.54) is 18.2 Å². The molecule has 0 heterocycles. The van der Waals surface area contributed by atoms with Gasteiger partial charge in [-0.3, -0.25) is 14.9 Å². The molecule has 0 spiro atoms. The van der Waals surface area contributed by atoms with E-state index in [1.54, 1.807) is 14.2 Å². The minimum absolute atomic E-state index is 0.0476. The van der Waals surface area contributed by atoms with E-state index in [2.05, 4.69) is 10.6 Å². The molecule has 0 saturated heterocycles. The van der Waals surface area contributed by atoms with Gasteiger partial charge in [0.2, 0.25) is 0 Å². The Labute approximate surface area is 123 Å². The number of ether oxygens (including phenoxy) is 1. The highest BCUT2D eigenvalue weighted by atomic mass is 16.6. The second-order valence-corrected chi connectivity index (χ2v) is 4.55. The Bertz CT molecular complexity index is 491. The molecule has 7 nitrogen and oxygen atoms in total. The van der Waals surface area contributed by atoms with Gasteiger partial charge in [-0.2, -0.15) is 0 Å². The first-order valence-corrected chi connectivity index (χ1v) is 6.83. The standard InChI is InChI=1S/C14H21N3O4/c1-15-12-10-11(6-7-13(12)17(19)20)14(18)16-8-4-3-5-9-21-2/h6-7,10,15H,3-5,8-9H2,1-2H3,(H,16,18). The molecule has 7 heteroatoms. The predicted octanol–water partition coefficient (Wildman–Crippen LogP) is 2.18. The fourth-order valence-corrected chi connectivity index (χ4v) is 1.89. The number of nitro groups is 1. The summed E-state index contributed by atoms with van der Waals surface area (Å²) in [5.41, 5.74) is 0.684. The number of carbonyl (C=O) groups excluding carboxylic acids is 1. The Morgan fingerprint density at radius 2 is 2.10 bits per heavy atom. The monoisotopic (exact) mass is 295 g/mol. The summed E-state index contributed by atoms with van der Waals surface area (Å²) in [5, 5.41) is 16.3. The number of unbranched alkanes of at least 4 members (excludes halogenated alkanes) is 2. The van der Waals surface area contributed by atoms with E-state index in [0.717, 1.165) is 25.9 Å². The number of nitrogens with zero attached hydrogens (tertiary/aromatic N) is 1. The highest BCUT2D eigenvalue weighted by molar-refractivity contribution is 5.95. The van der Waals surface area contributed by atoms with Crippen molar-refractivity contribution in [2.24, 2.45) is 0 Å². The second-order valence-electron chi connectivity index (χ2n) is 4.55. The van der Waals surface area contributed by atoms with E-state index in [9.17, 15) is 14.9 Å². The highest BCUT2D eigenvalue weighted by Gasteiger charge is 2.15. The van der Waals surface area contributed by atoms with E-state index in [0.29, 0.717) is 17.8 Å². The molecule has 1 aromatic carbocycles. The van der Waals surface area contributed by atoms with Gasteiger partial charge < -0.3 is 15.4 Å². The lowest BCUT2D eigenvalue weighted by molar-refractivity contribution is -0.383. The summed E-state index contributed by atoms with van der Waals surface area (Å²) < 4.78 is 4.95. The van der Waals surface area contributed by atoms with Crippen LogP contribution in [0.25, 0.3) is 0 Å². The number of benzene rings is 1. The number of nitrogens with one attached hydrogen (secondary N) is 2. The molecule has 0 radical (unpaired) electrons. The van der Waals surface area contributed by atoms with Crippen molar-refractivity contribution < 1.29 is 14.5 Å². The molecule has 21 heavy (non-hydrogen) atoms. The van der Waals surface area contributed by atoms with Crippen molar-refractivity contribution in [1.82, 2.24) is 5.32 Å². The van der Waals surface area contributed by atoms with Crippen molar-refractivity contribution in [2.75, 3.05) is 32.6 Å². The third kappa shape index (κ3) is 5.39. The zero-order valence-corrected chi connectivity index (χ0v) is 12.3. The van der Waals surface area contributed by atoms with E-state index >= 15 is 0 Å². The molecule has 0 aliphatic heterocycles. The van der Waals surface area contributed by atoms with Crippen molar-refractivity contribution in [3.05, 3.63) is 33.9 Å². The second kappa shape index (κ2) is 8.91. The average Bonchev–Trinajstić information content (AvgIpc) is 2.49. The van der Waals surface area contributed by atoms with Crippen LogP contribution in [0.5, 0.6) is 0 Å². The number of nitro benzene ring substituents is 1. The van der Waals surface area contributed by atoms with Crippen LogP contribution in [0.4, 0.5) is 11.4 Å². The van der Waals surface area contributed by atoms with Crippen molar-refractivity contribution in [2.45, 2.75) is 19.3 Å². The van der Waals surface area contributed by atoms with Crippen LogP contribution in [-0.2, 0) is 4.74 Å². The van der Waals surface area contributed by atoms with Gasteiger partial charge >= 0.3 is 0 Å². The summed E-state index contributed by atoms with van der Waals surface area (Å²) in [5.74, 6) is -0.229. The van der Waals surface area contributed by atoms with Gasteiger partial charge in [-0.1, -0.05) is 0 Å². The van der Waals surface area contributed by atoms with Crippen LogP contribution in [0.15, 0.2) is 18.2 Å². The minimum Gasteiger partial charge on any atom is -0.385 e. The van der Waals surface area contributed by atoms with E-state index in [4.69, 9.17) is 4.74 Å². The number of rotatable bonds is 9. The van der Waals surface area contributed by atoms with Crippen LogP contribution in [0.2, 0.25) is 0 Å². The first-order valence-electron chi connectivity index (χ1n) is 6.83. The highest BCUT2D eigenvalue weighted by Crippen LogP contribution is 2.24. The quantitative estimate of drug-likeness (QED) is 0.414. The largest absolute Gasteiger partial charge is 0.385 e. The van der Waals surface area contributed by atoms with Crippen LogP contribution in [0.1, 0.15) is 29.6 Å². The smallest absolute Gasteiger partial charge is 0.292 e. The molecule has 116 valence electrons. The molecule has 0 unspecified atom stereocenters. The first kappa shape index (κ1) is 16.9. The van der Waals surface area contributed by atoms with E-state index < -0.39 is 4.92 Å². The Balaban J connectivity index is 2.53. The molecule has 0 saturated carbocycles. The van der Waals surface area contributed by atoms with Crippen LogP contribution < -0.4 is 10.6 Å². The van der Waals surface area contributed by atoms with Crippen molar-refractivity contribution >= 4 is 17.3 Å². The molecule has 0 aromatic heterocycles. The van der Waals surface area contributed by atoms with Gasteiger partial charge in [0.1, 0.15) is 5.69 Å². The molecule has 1 rings (SSSR count). The molecule has 2 N–H and O–H groups in total. The molecule has 0 atom stereocenters. The third-order valence-electron chi connectivity index (χ3n) is 3.04. The molecular weight excluding hydrogens is 274 g/mol. The van der Waals surface area contributed by atoms with Gasteiger partial charge in [0.25, 0.3) is 11.6 Å². The van der Waals surface area contributed by atoms with Crippen LogP contribution >= 0.6 is 0 Å². The Morgan fingerprint density at radius 3 is 2.71 bits per heavy atom. The van der Waals surface area contributed by atoms with Gasteiger partial charge in [0.05, 0.1) is 4.92 Å². The molecule has 1 aromatic rings. The van der Waals surface area contributed by atoms with Crippen molar-refractivity contribution in [3.8, 4) is 0 Å². The topological polar surface area (TPSA) is 93.5 Å². The zero-order chi connectivity index (χ0) is 15.7. The van der Waals surface area contributed by atoms with Crippen molar-refractivity contribution in [3.63, 3.8) is 0 Å². The fourth-order valence-electron chi connectivity index (χ4n) is 1.89. The maximum atomic E-state index is 11.9. The number of carbonyl (C=O) groups is 1. The van der Waals surface area contributed by atoms with Gasteiger partial charge in [0, 0.05) is 38.9 Å². The summed E-state index contributed by atoms with van der Waals surface area (Å²) in [4.78, 5) is 22.3. The summed E-state index contributed by atoms with van der Waals surface area (Å²) in [6.07, 6.45) is 2.82. The summed E-state index contributed by atoms with van der Waals surface area (Å²) >= 11 is 0. The van der Waals surface area contributed by atoms with Gasteiger partial charge in [-0.15, -0.1) is 0 Å². The minimum atomic E-state index is -0.483. The molecular formula is C14H21N3O4. The Kier molecular flexibility index (Phi) is 7.17. The maximum Gasteiger partial charge on any atom is 0.292 e. The summed E-state index contributed by atoms with van der Waals surface area (Å²) in [7, 11) is 3.25. The first-order chi connectivity index (χ1) is 10.1. The van der Waals surface area contributed by atoms with Crippen LogP contribution in [-0.4, -0.2) is 38.1 Å². The number of amides is 1. The van der Waals surface area contributed by atoms with Crippen LogP contribution in [0.3, 0.4) is 0 Å². The number of hydrogen-bond acceptors (Lipinski definition) is 5. The third-order valence-corrected chi connectivity index (χ3v) is 3.04. The lowest BCUT2D eigenvalue weighted by Gasteiger charge is -2.07. The van der Waals surface area contributed by atoms with Gasteiger partial charge in [-0.05, 0) is 31.4 Å². The lowest BCUT2D eigenvalue weighted by Crippen LogP contribution is -2.24. The number of methoxy groups -OCH3 is 1. The summed E-state index contributed by atoms with van der Waals surface area (Å²) in [6.45, 7) is 1.30. The van der Waals surface area contributed by atoms with E-state index in [-0.39, 0.29) is 11.6 Å². The Morgan fingerprint density at radius 1 is 1.33 bits per heavy atom. The molecule has 0 fully saturated rings. The zero-order valence-electron chi connectivity index (χ0n) is 12.3. The fraction of sp³-hybridized carbons (Fsp3) is 0.500. The van der Waals surface area contributed by atoms with Gasteiger partial charge in [-0.25, -0.2) is 0 Å². The molecule has 0 aliphatic carbocycles. The molecule has 0 bridgehead atoms. The summed E-state index contributed by atoms with van der Waals surface area (Å²) in [6, 6.07) is 4.27. The lowest BCUT2D eigenvalue weighted by atomic mass is 10.1. The average molecular weight is 295 g/mol. The number of anilines is 1. The molecule has 0 aliphatic rings.